The van der Waals surface area contributed by atoms with E-state index in [0.717, 1.165) is 45.6 Å². The summed E-state index contributed by atoms with van der Waals surface area (Å²) in [6.07, 6.45) is 2.73. The van der Waals surface area contributed by atoms with Crippen molar-refractivity contribution >= 4 is 48.7 Å². The van der Waals surface area contributed by atoms with Crippen molar-refractivity contribution in [2.75, 3.05) is 18.5 Å². The van der Waals surface area contributed by atoms with Gasteiger partial charge in [-0.05, 0) is 43.3 Å². The van der Waals surface area contributed by atoms with Crippen molar-refractivity contribution < 1.29 is 8.42 Å². The van der Waals surface area contributed by atoms with Crippen LogP contribution in [0.5, 0.6) is 0 Å². The number of imidazole rings is 1. The van der Waals surface area contributed by atoms with E-state index in [1.807, 2.05) is 41.4 Å². The second-order valence-corrected chi connectivity index (χ2v) is 9.90. The van der Waals surface area contributed by atoms with E-state index in [-0.39, 0.29) is 4.90 Å². The maximum Gasteiger partial charge on any atom is 0.240 e. The Bertz CT molecular complexity index is 1300. The van der Waals surface area contributed by atoms with Crippen LogP contribution in [0.25, 0.3) is 16.2 Å². The molecule has 0 saturated carbocycles. The van der Waals surface area contributed by atoms with Gasteiger partial charge >= 0.3 is 0 Å². The summed E-state index contributed by atoms with van der Waals surface area (Å²) in [5.74, 6) is 0. The van der Waals surface area contributed by atoms with E-state index in [9.17, 15) is 8.42 Å². The number of rotatable bonds is 4. The highest BCUT2D eigenvalue weighted by Crippen LogP contribution is 2.38. The maximum absolute atomic E-state index is 12.2. The lowest BCUT2D eigenvalue weighted by molar-refractivity contribution is 0.588. The van der Waals surface area contributed by atoms with Crippen LogP contribution in [0.4, 0.5) is 10.8 Å². The van der Waals surface area contributed by atoms with Gasteiger partial charge < -0.3 is 4.90 Å². The maximum atomic E-state index is 12.2. The summed E-state index contributed by atoms with van der Waals surface area (Å²) in [5.41, 5.74) is 3.78. The van der Waals surface area contributed by atoms with E-state index in [2.05, 4.69) is 14.8 Å². The first-order valence-corrected chi connectivity index (χ1v) is 11.6. The topological polar surface area (TPSA) is 79.6 Å². The van der Waals surface area contributed by atoms with Crippen LogP contribution in [0, 0.1) is 0 Å². The number of fused-ring (bicyclic) bond motifs is 2. The highest BCUT2D eigenvalue weighted by atomic mass is 35.5. The average Bonchev–Trinajstić information content (AvgIpc) is 3.40. The molecule has 3 heterocycles. The van der Waals surface area contributed by atoms with Crippen molar-refractivity contribution in [2.45, 2.75) is 11.3 Å². The predicted molar refractivity (Wildman–Crippen MR) is 115 cm³/mol. The third kappa shape index (κ3) is 3.20. The molecule has 0 aliphatic carbocycles. The molecule has 10 heteroatoms. The van der Waals surface area contributed by atoms with E-state index in [1.165, 1.54) is 18.4 Å². The molecule has 1 N–H and O–H groups in total. The van der Waals surface area contributed by atoms with Crippen molar-refractivity contribution in [2.24, 2.45) is 0 Å². The number of hydrogen-bond donors (Lipinski definition) is 1. The highest BCUT2D eigenvalue weighted by molar-refractivity contribution is 7.89. The third-order valence-electron chi connectivity index (χ3n) is 4.93. The third-order valence-corrected chi connectivity index (χ3v) is 7.54. The van der Waals surface area contributed by atoms with E-state index in [0.29, 0.717) is 5.02 Å². The molecule has 0 spiro atoms. The second-order valence-electron chi connectivity index (χ2n) is 6.64. The molecule has 0 bridgehead atoms. The molecule has 148 valence electrons. The van der Waals surface area contributed by atoms with Crippen LogP contribution < -0.4 is 9.62 Å². The molecule has 0 fully saturated rings. The minimum absolute atomic E-state index is 0.247. The van der Waals surface area contributed by atoms with Crippen LogP contribution in [0.3, 0.4) is 0 Å². The number of anilines is 2. The number of benzene rings is 2. The van der Waals surface area contributed by atoms with Crippen LogP contribution in [0.2, 0.25) is 5.02 Å². The van der Waals surface area contributed by atoms with Crippen molar-refractivity contribution in [3.05, 3.63) is 59.2 Å². The molecule has 0 unspecified atom stereocenters. The zero-order valence-electron chi connectivity index (χ0n) is 15.3. The van der Waals surface area contributed by atoms with Gasteiger partial charge in [-0.2, -0.15) is 0 Å². The van der Waals surface area contributed by atoms with E-state index >= 15 is 0 Å². The summed E-state index contributed by atoms with van der Waals surface area (Å²) in [6, 6.07) is 12.7. The fraction of sp³-hybridized carbons (Fsp3) is 0.158. The number of nitrogens with one attached hydrogen (secondary N) is 1. The first-order valence-electron chi connectivity index (χ1n) is 8.91. The SMILES string of the molecule is CNS(=O)(=O)c1ccc2c(c1)N(c1nn3cc(-c4ccc(Cl)cc4)nc3s1)CC2. The van der Waals surface area contributed by atoms with Gasteiger partial charge in [0.25, 0.3) is 0 Å². The lowest BCUT2D eigenvalue weighted by atomic mass is 10.2. The Kier molecular flexibility index (Phi) is 4.36. The minimum Gasteiger partial charge on any atom is -0.316 e. The second kappa shape index (κ2) is 6.81. The molecule has 7 nitrogen and oxygen atoms in total. The summed E-state index contributed by atoms with van der Waals surface area (Å²) in [5, 5.41) is 6.14. The Morgan fingerprint density at radius 3 is 2.69 bits per heavy atom. The molecule has 0 saturated heterocycles. The van der Waals surface area contributed by atoms with Crippen LogP contribution in [0.1, 0.15) is 5.56 Å². The molecule has 0 amide bonds. The minimum atomic E-state index is -3.50. The summed E-state index contributed by atoms with van der Waals surface area (Å²) in [6.45, 7) is 0.749. The van der Waals surface area contributed by atoms with E-state index in [4.69, 9.17) is 11.6 Å². The van der Waals surface area contributed by atoms with Crippen LogP contribution in [-0.4, -0.2) is 36.6 Å². The van der Waals surface area contributed by atoms with Crippen molar-refractivity contribution in [3.8, 4) is 11.3 Å². The highest BCUT2D eigenvalue weighted by Gasteiger charge is 2.26. The van der Waals surface area contributed by atoms with Crippen molar-refractivity contribution in [1.82, 2.24) is 19.3 Å². The lowest BCUT2D eigenvalue weighted by Gasteiger charge is -2.16. The molecule has 0 atom stereocenters. The molecular formula is C19H16ClN5O2S2. The zero-order valence-corrected chi connectivity index (χ0v) is 17.7. The fourth-order valence-corrected chi connectivity index (χ4v) is 5.20. The smallest absolute Gasteiger partial charge is 0.240 e. The lowest BCUT2D eigenvalue weighted by Crippen LogP contribution is -2.19. The number of aromatic nitrogens is 3. The number of sulfonamides is 1. The van der Waals surface area contributed by atoms with Crippen LogP contribution in [-0.2, 0) is 16.4 Å². The molecule has 1 aliphatic rings. The van der Waals surface area contributed by atoms with Crippen molar-refractivity contribution in [1.29, 1.82) is 0 Å². The fourth-order valence-electron chi connectivity index (χ4n) is 3.40. The van der Waals surface area contributed by atoms with Gasteiger partial charge in [-0.3, -0.25) is 0 Å². The van der Waals surface area contributed by atoms with Crippen LogP contribution >= 0.6 is 22.9 Å². The number of hydrogen-bond acceptors (Lipinski definition) is 6. The van der Waals surface area contributed by atoms with Gasteiger partial charge in [-0.15, -0.1) is 5.10 Å². The van der Waals surface area contributed by atoms with Gasteiger partial charge in [-0.1, -0.05) is 41.1 Å². The average molecular weight is 446 g/mol. The zero-order chi connectivity index (χ0) is 20.2. The predicted octanol–water partition coefficient (Wildman–Crippen LogP) is 3.71. The molecule has 29 heavy (non-hydrogen) atoms. The summed E-state index contributed by atoms with van der Waals surface area (Å²) in [7, 11) is -2.09. The quantitative estimate of drug-likeness (QED) is 0.518. The molecule has 4 aromatic rings. The van der Waals surface area contributed by atoms with Gasteiger partial charge in [0.15, 0.2) is 0 Å². The van der Waals surface area contributed by atoms with Crippen LogP contribution in [0.15, 0.2) is 53.6 Å². The number of halogens is 1. The van der Waals surface area contributed by atoms with Gasteiger partial charge in [0.1, 0.15) is 0 Å². The Labute approximate surface area is 176 Å². The monoisotopic (exact) mass is 445 g/mol. The molecular weight excluding hydrogens is 430 g/mol. The molecule has 2 aromatic carbocycles. The largest absolute Gasteiger partial charge is 0.316 e. The van der Waals surface area contributed by atoms with E-state index in [1.54, 1.807) is 16.6 Å². The first kappa shape index (κ1) is 18.6. The summed E-state index contributed by atoms with van der Waals surface area (Å²) < 4.78 is 28.5. The molecule has 2 aromatic heterocycles. The summed E-state index contributed by atoms with van der Waals surface area (Å²) >= 11 is 7.43. The van der Waals surface area contributed by atoms with Gasteiger partial charge in [0.05, 0.1) is 16.8 Å². The Balaban J connectivity index is 1.51. The molecule has 0 radical (unpaired) electrons. The van der Waals surface area contributed by atoms with E-state index < -0.39 is 10.0 Å². The summed E-state index contributed by atoms with van der Waals surface area (Å²) in [4.78, 5) is 7.74. The Morgan fingerprint density at radius 1 is 1.17 bits per heavy atom. The Hall–Kier alpha value is -2.46. The van der Waals surface area contributed by atoms with Gasteiger partial charge in [0, 0.05) is 22.8 Å². The Morgan fingerprint density at radius 2 is 1.97 bits per heavy atom. The van der Waals surface area contributed by atoms with Crippen molar-refractivity contribution in [3.63, 3.8) is 0 Å². The number of nitrogens with zero attached hydrogens (tertiary/aromatic N) is 4. The molecule has 5 rings (SSSR count). The normalized spacial score (nSPS) is 13.9. The first-order chi connectivity index (χ1) is 13.9. The molecule has 1 aliphatic heterocycles. The van der Waals surface area contributed by atoms with Gasteiger partial charge in [-0.25, -0.2) is 22.6 Å². The standard InChI is InChI=1S/C19H16ClN5O2S2/c1-21-29(26,27)15-7-4-13-8-9-24(17(13)10-15)19-23-25-11-16(22-18(25)28-19)12-2-5-14(20)6-3-12/h2-7,10-11,21H,8-9H2,1H3. The van der Waals surface area contributed by atoms with Gasteiger partial charge in [0.2, 0.25) is 20.1 Å².